The summed E-state index contributed by atoms with van der Waals surface area (Å²) < 4.78 is 23.2. The van der Waals surface area contributed by atoms with E-state index in [0.29, 0.717) is 5.69 Å². The zero-order valence-electron chi connectivity index (χ0n) is 24.4. The number of furan rings is 1. The van der Waals surface area contributed by atoms with Crippen molar-refractivity contribution >= 4 is 39.0 Å². The minimum absolute atomic E-state index is 0.313. The molecule has 8 rings (SSSR count). The number of rotatable bonds is 6. The summed E-state index contributed by atoms with van der Waals surface area (Å²) in [6, 6.07) is 56.5. The molecule has 214 valence electrons. The molecule has 3 heteroatoms. The van der Waals surface area contributed by atoms with Crippen LogP contribution in [0.15, 0.2) is 174 Å². The van der Waals surface area contributed by atoms with Crippen LogP contribution in [0.2, 0.25) is 0 Å². The van der Waals surface area contributed by atoms with E-state index in [2.05, 4.69) is 60.7 Å². The predicted octanol–water partition coefficient (Wildman–Crippen LogP) is 12.2. The molecular weight excluding hydrogens is 553 g/mol. The van der Waals surface area contributed by atoms with E-state index in [0.717, 1.165) is 66.7 Å². The SMILES string of the molecule is Fc1cc(-c2ccccc2)cc(-c2ccccc2)c1N(c1ccc(-c2ccccc2)cc1)c1ccc2c(c1)oc1ccccc12. The van der Waals surface area contributed by atoms with Crippen molar-refractivity contribution in [2.75, 3.05) is 4.90 Å². The molecule has 0 saturated heterocycles. The summed E-state index contributed by atoms with van der Waals surface area (Å²) >= 11 is 0. The molecule has 0 N–H and O–H groups in total. The first-order valence-electron chi connectivity index (χ1n) is 15.0. The van der Waals surface area contributed by atoms with Gasteiger partial charge in [0.2, 0.25) is 0 Å². The van der Waals surface area contributed by atoms with Crippen molar-refractivity contribution in [1.82, 2.24) is 0 Å². The molecule has 45 heavy (non-hydrogen) atoms. The van der Waals surface area contributed by atoms with Crippen molar-refractivity contribution in [3.8, 4) is 33.4 Å². The third-order valence-corrected chi connectivity index (χ3v) is 8.33. The Labute approximate surface area is 261 Å². The van der Waals surface area contributed by atoms with Crippen LogP contribution in [0.3, 0.4) is 0 Å². The molecule has 7 aromatic carbocycles. The molecular formula is C42H28FNO. The average Bonchev–Trinajstić information content (AvgIpc) is 3.48. The lowest BCUT2D eigenvalue weighted by Gasteiger charge is -2.29. The van der Waals surface area contributed by atoms with Crippen LogP contribution in [0.1, 0.15) is 0 Å². The van der Waals surface area contributed by atoms with Crippen molar-refractivity contribution in [2.45, 2.75) is 0 Å². The number of halogens is 1. The van der Waals surface area contributed by atoms with Gasteiger partial charge in [0.05, 0.1) is 11.4 Å². The largest absolute Gasteiger partial charge is 0.456 e. The van der Waals surface area contributed by atoms with Gasteiger partial charge in [-0.25, -0.2) is 4.39 Å². The van der Waals surface area contributed by atoms with E-state index >= 15 is 4.39 Å². The minimum Gasteiger partial charge on any atom is -0.456 e. The van der Waals surface area contributed by atoms with Gasteiger partial charge >= 0.3 is 0 Å². The molecule has 1 heterocycles. The zero-order valence-corrected chi connectivity index (χ0v) is 24.4. The standard InChI is InChI=1S/C42H28FNO/c43-39-27-33(30-14-6-2-7-15-30)26-38(32-16-8-3-9-17-32)42(39)44(34-22-20-31(21-23-34)29-12-4-1-5-13-29)35-24-25-37-36-18-10-11-19-40(36)45-41(37)28-35/h1-28H. The fourth-order valence-electron chi connectivity index (χ4n) is 6.16. The van der Waals surface area contributed by atoms with Gasteiger partial charge in [0, 0.05) is 28.1 Å². The fourth-order valence-corrected chi connectivity index (χ4v) is 6.16. The van der Waals surface area contributed by atoms with Gasteiger partial charge in [-0.2, -0.15) is 0 Å². The summed E-state index contributed by atoms with van der Waals surface area (Å²) in [5.74, 6) is -0.313. The molecule has 0 saturated carbocycles. The Morgan fingerprint density at radius 3 is 1.62 bits per heavy atom. The lowest BCUT2D eigenvalue weighted by Crippen LogP contribution is -2.13. The number of anilines is 3. The Bertz CT molecular complexity index is 2260. The van der Waals surface area contributed by atoms with E-state index in [9.17, 15) is 0 Å². The van der Waals surface area contributed by atoms with Crippen molar-refractivity contribution in [2.24, 2.45) is 0 Å². The van der Waals surface area contributed by atoms with Gasteiger partial charge in [0.25, 0.3) is 0 Å². The molecule has 0 aliphatic heterocycles. The zero-order chi connectivity index (χ0) is 30.2. The highest BCUT2D eigenvalue weighted by molar-refractivity contribution is 6.06. The lowest BCUT2D eigenvalue weighted by molar-refractivity contribution is 0.629. The maximum absolute atomic E-state index is 16.9. The van der Waals surface area contributed by atoms with Crippen LogP contribution in [0, 0.1) is 5.82 Å². The number of nitrogens with zero attached hydrogens (tertiary/aromatic N) is 1. The quantitative estimate of drug-likeness (QED) is 0.194. The van der Waals surface area contributed by atoms with E-state index < -0.39 is 0 Å². The van der Waals surface area contributed by atoms with E-state index in [1.54, 1.807) is 6.07 Å². The van der Waals surface area contributed by atoms with Crippen LogP contribution in [0.5, 0.6) is 0 Å². The fraction of sp³-hybridized carbons (Fsp3) is 0. The third kappa shape index (κ3) is 4.95. The Balaban J connectivity index is 1.37. The van der Waals surface area contributed by atoms with Gasteiger partial charge in [-0.3, -0.25) is 0 Å². The van der Waals surface area contributed by atoms with E-state index in [1.807, 2.05) is 108 Å². The summed E-state index contributed by atoms with van der Waals surface area (Å²) in [6.07, 6.45) is 0. The number of benzene rings is 7. The van der Waals surface area contributed by atoms with E-state index in [4.69, 9.17) is 4.42 Å². The summed E-state index contributed by atoms with van der Waals surface area (Å²) in [5.41, 5.74) is 9.43. The van der Waals surface area contributed by atoms with E-state index in [1.165, 1.54) is 0 Å². The summed E-state index contributed by atoms with van der Waals surface area (Å²) in [5, 5.41) is 2.08. The first-order valence-corrected chi connectivity index (χ1v) is 15.0. The highest BCUT2D eigenvalue weighted by atomic mass is 19.1. The van der Waals surface area contributed by atoms with Gasteiger partial charge in [0.1, 0.15) is 17.0 Å². The van der Waals surface area contributed by atoms with Gasteiger partial charge in [-0.05, 0) is 70.3 Å². The minimum atomic E-state index is -0.313. The number of fused-ring (bicyclic) bond motifs is 3. The molecule has 0 radical (unpaired) electrons. The molecule has 0 spiro atoms. The predicted molar refractivity (Wildman–Crippen MR) is 185 cm³/mol. The normalized spacial score (nSPS) is 11.2. The summed E-state index contributed by atoms with van der Waals surface area (Å²) in [6.45, 7) is 0. The molecule has 0 bridgehead atoms. The van der Waals surface area contributed by atoms with Gasteiger partial charge in [-0.15, -0.1) is 0 Å². The molecule has 0 atom stereocenters. The van der Waals surface area contributed by atoms with Crippen molar-refractivity contribution in [1.29, 1.82) is 0 Å². The molecule has 0 amide bonds. The topological polar surface area (TPSA) is 16.4 Å². The van der Waals surface area contributed by atoms with Gasteiger partial charge in [0.15, 0.2) is 0 Å². The number of hydrogen-bond acceptors (Lipinski definition) is 2. The van der Waals surface area contributed by atoms with Crippen LogP contribution in [0.25, 0.3) is 55.3 Å². The van der Waals surface area contributed by atoms with Crippen molar-refractivity contribution < 1.29 is 8.81 Å². The van der Waals surface area contributed by atoms with Crippen LogP contribution < -0.4 is 4.90 Å². The van der Waals surface area contributed by atoms with Crippen LogP contribution in [0.4, 0.5) is 21.5 Å². The third-order valence-electron chi connectivity index (χ3n) is 8.33. The second kappa shape index (κ2) is 11.3. The maximum Gasteiger partial charge on any atom is 0.148 e. The maximum atomic E-state index is 16.9. The van der Waals surface area contributed by atoms with E-state index in [-0.39, 0.29) is 5.82 Å². The monoisotopic (exact) mass is 581 g/mol. The molecule has 0 unspecified atom stereocenters. The van der Waals surface area contributed by atoms with Gasteiger partial charge < -0.3 is 9.32 Å². The first-order chi connectivity index (χ1) is 22.2. The highest BCUT2D eigenvalue weighted by Crippen LogP contribution is 2.46. The second-order valence-corrected chi connectivity index (χ2v) is 11.1. The smallest absolute Gasteiger partial charge is 0.148 e. The summed E-state index contributed by atoms with van der Waals surface area (Å²) in [7, 11) is 0. The molecule has 2 nitrogen and oxygen atoms in total. The van der Waals surface area contributed by atoms with Crippen LogP contribution in [-0.2, 0) is 0 Å². The molecule has 8 aromatic rings. The van der Waals surface area contributed by atoms with Gasteiger partial charge in [-0.1, -0.05) is 121 Å². The lowest BCUT2D eigenvalue weighted by atomic mass is 9.95. The Morgan fingerprint density at radius 1 is 0.400 bits per heavy atom. The highest BCUT2D eigenvalue weighted by Gasteiger charge is 2.24. The Hall–Kier alpha value is -5.93. The first kappa shape index (κ1) is 26.7. The van der Waals surface area contributed by atoms with Crippen LogP contribution in [-0.4, -0.2) is 0 Å². The second-order valence-electron chi connectivity index (χ2n) is 11.1. The van der Waals surface area contributed by atoms with Crippen LogP contribution >= 0.6 is 0 Å². The molecule has 0 aliphatic rings. The molecule has 1 aromatic heterocycles. The number of hydrogen-bond donors (Lipinski definition) is 0. The number of para-hydroxylation sites is 1. The summed E-state index contributed by atoms with van der Waals surface area (Å²) in [4.78, 5) is 2.01. The Morgan fingerprint density at radius 2 is 0.933 bits per heavy atom. The molecule has 0 fully saturated rings. The average molecular weight is 582 g/mol. The molecule has 0 aliphatic carbocycles. The van der Waals surface area contributed by atoms with Crippen molar-refractivity contribution in [3.05, 3.63) is 176 Å². The van der Waals surface area contributed by atoms with Crippen molar-refractivity contribution in [3.63, 3.8) is 0 Å². The Kier molecular flexibility index (Phi) is 6.69.